The number of benzene rings is 1. The molecule has 1 atom stereocenters. The molecule has 23 heavy (non-hydrogen) atoms. The van der Waals surface area contributed by atoms with E-state index in [9.17, 15) is 9.18 Å². The molecule has 1 saturated heterocycles. The van der Waals surface area contributed by atoms with Gasteiger partial charge in [0.05, 0.1) is 19.3 Å². The number of rotatable bonds is 7. The molecule has 1 aliphatic heterocycles. The highest BCUT2D eigenvalue weighted by Crippen LogP contribution is 2.07. The normalized spacial score (nSPS) is 18.8. The average Bonchev–Trinajstić information content (AvgIpc) is 2.52. The summed E-state index contributed by atoms with van der Waals surface area (Å²) < 4.78 is 18.9. The van der Waals surface area contributed by atoms with Crippen LogP contribution in [0.1, 0.15) is 12.5 Å². The third-order valence-electron chi connectivity index (χ3n) is 3.99. The van der Waals surface area contributed by atoms with E-state index < -0.39 is 0 Å². The van der Waals surface area contributed by atoms with Crippen molar-refractivity contribution < 1.29 is 13.9 Å². The first-order chi connectivity index (χ1) is 11.1. The summed E-state index contributed by atoms with van der Waals surface area (Å²) in [7, 11) is 2.07. The third kappa shape index (κ3) is 5.89. The first-order valence-corrected chi connectivity index (χ1v) is 8.11. The molecule has 2 rings (SSSR count). The van der Waals surface area contributed by atoms with Crippen molar-refractivity contribution in [1.82, 2.24) is 15.1 Å². The first kappa shape index (κ1) is 17.8. The molecule has 1 heterocycles. The standard InChI is InChI=1S/C17H26FN3O2/c1-3-21(12-14-5-4-6-15(18)9-14)17(22)11-19-10-16-13-20(2)7-8-23-16/h4-6,9,16,19H,3,7-8,10-13H2,1-2H3/t16-/m0/s1. The first-order valence-electron chi connectivity index (χ1n) is 8.11. The second kappa shape index (κ2) is 8.96. The molecule has 1 amide bonds. The summed E-state index contributed by atoms with van der Waals surface area (Å²) in [5.41, 5.74) is 0.803. The number of hydrogen-bond acceptors (Lipinski definition) is 4. The third-order valence-corrected chi connectivity index (χ3v) is 3.99. The van der Waals surface area contributed by atoms with Gasteiger partial charge >= 0.3 is 0 Å². The van der Waals surface area contributed by atoms with Crippen molar-refractivity contribution in [3.8, 4) is 0 Å². The molecule has 0 saturated carbocycles. The summed E-state index contributed by atoms with van der Waals surface area (Å²) in [5.74, 6) is -0.261. The van der Waals surface area contributed by atoms with Gasteiger partial charge in [-0.25, -0.2) is 4.39 Å². The molecule has 1 aromatic rings. The van der Waals surface area contributed by atoms with E-state index in [1.54, 1.807) is 11.0 Å². The lowest BCUT2D eigenvalue weighted by atomic mass is 10.2. The van der Waals surface area contributed by atoms with E-state index in [1.165, 1.54) is 12.1 Å². The van der Waals surface area contributed by atoms with Gasteiger partial charge in [0.2, 0.25) is 5.91 Å². The van der Waals surface area contributed by atoms with E-state index >= 15 is 0 Å². The second-order valence-electron chi connectivity index (χ2n) is 5.92. The van der Waals surface area contributed by atoms with Crippen LogP contribution in [0.25, 0.3) is 0 Å². The Hall–Kier alpha value is -1.50. The number of morpholine rings is 1. The van der Waals surface area contributed by atoms with Crippen molar-refractivity contribution >= 4 is 5.91 Å². The number of ether oxygens (including phenoxy) is 1. The van der Waals surface area contributed by atoms with Crippen molar-refractivity contribution in [1.29, 1.82) is 0 Å². The highest BCUT2D eigenvalue weighted by Gasteiger charge is 2.18. The Morgan fingerprint density at radius 3 is 3.04 bits per heavy atom. The van der Waals surface area contributed by atoms with Crippen molar-refractivity contribution in [3.63, 3.8) is 0 Å². The molecule has 0 aromatic heterocycles. The summed E-state index contributed by atoms with van der Waals surface area (Å²) in [6.07, 6.45) is 0.125. The van der Waals surface area contributed by atoms with E-state index in [0.717, 1.165) is 25.3 Å². The SMILES string of the molecule is CCN(Cc1cccc(F)c1)C(=O)CNC[C@H]1CN(C)CCO1. The van der Waals surface area contributed by atoms with Crippen molar-refractivity contribution in [2.75, 3.05) is 46.4 Å². The van der Waals surface area contributed by atoms with Gasteiger partial charge in [-0.3, -0.25) is 4.79 Å². The largest absolute Gasteiger partial charge is 0.374 e. The zero-order valence-electron chi connectivity index (χ0n) is 13.9. The lowest BCUT2D eigenvalue weighted by Crippen LogP contribution is -2.46. The maximum atomic E-state index is 13.2. The fraction of sp³-hybridized carbons (Fsp3) is 0.588. The van der Waals surface area contributed by atoms with Crippen LogP contribution >= 0.6 is 0 Å². The summed E-state index contributed by atoms with van der Waals surface area (Å²) in [5, 5.41) is 3.17. The summed E-state index contributed by atoms with van der Waals surface area (Å²) >= 11 is 0. The number of nitrogens with one attached hydrogen (secondary N) is 1. The summed E-state index contributed by atoms with van der Waals surface area (Å²) in [4.78, 5) is 16.2. The van der Waals surface area contributed by atoms with Gasteiger partial charge in [0, 0.05) is 32.7 Å². The zero-order chi connectivity index (χ0) is 16.7. The summed E-state index contributed by atoms with van der Waals surface area (Å²) in [6, 6.07) is 6.37. The molecule has 0 radical (unpaired) electrons. The molecule has 0 unspecified atom stereocenters. The zero-order valence-corrected chi connectivity index (χ0v) is 13.9. The Balaban J connectivity index is 1.76. The van der Waals surface area contributed by atoms with Crippen LogP contribution in [-0.4, -0.2) is 68.2 Å². The predicted octanol–water partition coefficient (Wildman–Crippen LogP) is 1.09. The fourth-order valence-corrected chi connectivity index (χ4v) is 2.67. The quantitative estimate of drug-likeness (QED) is 0.816. The molecule has 1 N–H and O–H groups in total. The number of hydrogen-bond donors (Lipinski definition) is 1. The lowest BCUT2D eigenvalue weighted by Gasteiger charge is -2.30. The molecular formula is C17H26FN3O2. The van der Waals surface area contributed by atoms with E-state index in [0.29, 0.717) is 19.6 Å². The second-order valence-corrected chi connectivity index (χ2v) is 5.92. The average molecular weight is 323 g/mol. The molecule has 1 aromatic carbocycles. The highest BCUT2D eigenvalue weighted by molar-refractivity contribution is 5.78. The van der Waals surface area contributed by atoms with Crippen LogP contribution in [-0.2, 0) is 16.1 Å². The molecule has 5 nitrogen and oxygen atoms in total. The van der Waals surface area contributed by atoms with Crippen LogP contribution in [0.3, 0.4) is 0 Å². The smallest absolute Gasteiger partial charge is 0.236 e. The van der Waals surface area contributed by atoms with Gasteiger partial charge in [-0.05, 0) is 31.7 Å². The number of nitrogens with zero attached hydrogens (tertiary/aromatic N) is 2. The van der Waals surface area contributed by atoms with Crippen LogP contribution in [0, 0.1) is 5.82 Å². The monoisotopic (exact) mass is 323 g/mol. The van der Waals surface area contributed by atoms with Gasteiger partial charge in [-0.15, -0.1) is 0 Å². The van der Waals surface area contributed by atoms with Gasteiger partial charge in [0.1, 0.15) is 5.82 Å². The van der Waals surface area contributed by atoms with Crippen LogP contribution in [0.2, 0.25) is 0 Å². The Kier molecular flexibility index (Phi) is 6.95. The molecule has 128 valence electrons. The highest BCUT2D eigenvalue weighted by atomic mass is 19.1. The maximum absolute atomic E-state index is 13.2. The van der Waals surface area contributed by atoms with Crippen LogP contribution in [0.15, 0.2) is 24.3 Å². The van der Waals surface area contributed by atoms with Gasteiger partial charge in [-0.2, -0.15) is 0 Å². The number of halogens is 1. The minimum Gasteiger partial charge on any atom is -0.374 e. The van der Waals surface area contributed by atoms with E-state index in [4.69, 9.17) is 4.74 Å². The Morgan fingerprint density at radius 2 is 2.35 bits per heavy atom. The van der Waals surface area contributed by atoms with Crippen LogP contribution in [0.5, 0.6) is 0 Å². The minimum atomic E-state index is -0.275. The number of carbonyl (C=O) groups is 1. The Morgan fingerprint density at radius 1 is 1.52 bits per heavy atom. The molecule has 0 bridgehead atoms. The lowest BCUT2D eigenvalue weighted by molar-refractivity contribution is -0.130. The van der Waals surface area contributed by atoms with Gasteiger partial charge in [0.15, 0.2) is 0 Å². The predicted molar refractivity (Wildman–Crippen MR) is 87.6 cm³/mol. The molecule has 0 aliphatic carbocycles. The topological polar surface area (TPSA) is 44.8 Å². The summed E-state index contributed by atoms with van der Waals surface area (Å²) in [6.45, 7) is 6.44. The molecule has 1 aliphatic rings. The van der Waals surface area contributed by atoms with Gasteiger partial charge < -0.3 is 19.9 Å². The molecule has 0 spiro atoms. The number of likely N-dealkylation sites (N-methyl/N-ethyl adjacent to an activating group) is 2. The number of amides is 1. The molecule has 6 heteroatoms. The Labute approximate surface area is 137 Å². The van der Waals surface area contributed by atoms with Crippen molar-refractivity contribution in [2.45, 2.75) is 19.6 Å². The van der Waals surface area contributed by atoms with Crippen molar-refractivity contribution in [3.05, 3.63) is 35.6 Å². The molecular weight excluding hydrogens is 297 g/mol. The number of carbonyl (C=O) groups excluding carboxylic acids is 1. The van der Waals surface area contributed by atoms with E-state index in [1.807, 2.05) is 13.0 Å². The van der Waals surface area contributed by atoms with Gasteiger partial charge in [0.25, 0.3) is 0 Å². The maximum Gasteiger partial charge on any atom is 0.236 e. The van der Waals surface area contributed by atoms with Crippen LogP contribution in [0.4, 0.5) is 4.39 Å². The van der Waals surface area contributed by atoms with E-state index in [2.05, 4.69) is 17.3 Å². The Bertz CT molecular complexity index is 512. The van der Waals surface area contributed by atoms with Crippen molar-refractivity contribution in [2.24, 2.45) is 0 Å². The minimum absolute atomic E-state index is 0.0147. The fourth-order valence-electron chi connectivity index (χ4n) is 2.67. The van der Waals surface area contributed by atoms with Gasteiger partial charge in [-0.1, -0.05) is 12.1 Å². The molecule has 1 fully saturated rings. The van der Waals surface area contributed by atoms with E-state index in [-0.39, 0.29) is 24.4 Å². The van der Waals surface area contributed by atoms with Crippen LogP contribution < -0.4 is 5.32 Å².